The molecule has 226 valence electrons. The molecule has 1 unspecified atom stereocenters. The molecule has 1 atom stereocenters. The number of rotatable bonds is 13. The van der Waals surface area contributed by atoms with Crippen LogP contribution in [0.1, 0.15) is 24.0 Å². The number of fused-ring (bicyclic) bond motifs is 1. The Balaban J connectivity index is 1.38. The predicted octanol–water partition coefficient (Wildman–Crippen LogP) is 6.44. The molecule has 0 radical (unpaired) electrons. The maximum Gasteiger partial charge on any atom is 0.149 e. The molecule has 0 saturated heterocycles. The molecule has 12 heteroatoms. The lowest BCUT2D eigenvalue weighted by molar-refractivity contribution is 0.00122. The fourth-order valence-electron chi connectivity index (χ4n) is 4.81. The monoisotopic (exact) mass is 671 g/mol. The highest BCUT2D eigenvalue weighted by molar-refractivity contribution is 9.10. The molecular formula is C31H31BrFN3O6S. The highest BCUT2D eigenvalue weighted by atomic mass is 79.9. The highest BCUT2D eigenvalue weighted by Crippen LogP contribution is 2.44. The Kier molecular flexibility index (Phi) is 9.48. The van der Waals surface area contributed by atoms with Crippen LogP contribution in [-0.2, 0) is 31.5 Å². The number of halogens is 2. The average molecular weight is 673 g/mol. The van der Waals surface area contributed by atoms with Gasteiger partial charge in [0, 0.05) is 41.8 Å². The number of nitrogens with zero attached hydrogens (tertiary/aromatic N) is 2. The number of nitrogens with one attached hydrogen (secondary N) is 1. The minimum Gasteiger partial charge on any atom is -0.496 e. The van der Waals surface area contributed by atoms with Crippen LogP contribution in [-0.4, -0.2) is 50.7 Å². The fourth-order valence-corrected chi connectivity index (χ4v) is 5.73. The smallest absolute Gasteiger partial charge is 0.149 e. The summed E-state index contributed by atoms with van der Waals surface area (Å²) in [4.78, 5) is 8.97. The zero-order valence-corrected chi connectivity index (χ0v) is 26.1. The molecule has 1 N–H and O–H groups in total. The van der Waals surface area contributed by atoms with E-state index in [4.69, 9.17) is 18.9 Å². The lowest BCUT2D eigenvalue weighted by Gasteiger charge is -2.31. The van der Waals surface area contributed by atoms with Gasteiger partial charge in [-0.15, -0.1) is 0 Å². The normalized spacial score (nSPS) is 16.3. The summed E-state index contributed by atoms with van der Waals surface area (Å²) in [5, 5.41) is 4.13. The summed E-state index contributed by atoms with van der Waals surface area (Å²) in [5.74, 6) is 1.46. The van der Waals surface area contributed by atoms with E-state index >= 15 is 0 Å². The van der Waals surface area contributed by atoms with Gasteiger partial charge in [-0.05, 0) is 64.0 Å². The zero-order valence-electron chi connectivity index (χ0n) is 23.7. The first-order valence-electron chi connectivity index (χ1n) is 13.5. The van der Waals surface area contributed by atoms with E-state index in [9.17, 15) is 12.8 Å². The number of aromatic nitrogens is 2. The standard InChI is InChI=1S/C31H31BrFN3O6S/c1-39-29-18-27-24(17-25(29)31(9-4-11-42-31)10-12-40-13-14-43(2,37)38)30(35-20-34-27)36-23-7-8-28(26(32)16-23)41-19-21-5-3-6-22(33)15-21/h3-8,11,15-18,20H,9-10,12-14,19H2,1-2H3,(H,34,35,36). The zero-order chi connectivity index (χ0) is 30.5. The van der Waals surface area contributed by atoms with Gasteiger partial charge in [0.1, 0.15) is 51.5 Å². The summed E-state index contributed by atoms with van der Waals surface area (Å²) in [7, 11) is -1.51. The number of hydrogen-bond acceptors (Lipinski definition) is 9. The molecule has 3 aromatic carbocycles. The van der Waals surface area contributed by atoms with Crippen molar-refractivity contribution in [2.24, 2.45) is 0 Å². The van der Waals surface area contributed by atoms with Gasteiger partial charge in [0.2, 0.25) is 0 Å². The first kappa shape index (κ1) is 30.7. The lowest BCUT2D eigenvalue weighted by Crippen LogP contribution is -2.28. The second-order valence-corrected chi connectivity index (χ2v) is 13.3. The second-order valence-electron chi connectivity index (χ2n) is 10.2. The van der Waals surface area contributed by atoms with Crippen molar-refractivity contribution in [2.75, 3.05) is 37.6 Å². The minimum atomic E-state index is -3.11. The second kappa shape index (κ2) is 13.3. The van der Waals surface area contributed by atoms with Crippen molar-refractivity contribution in [3.63, 3.8) is 0 Å². The number of sulfone groups is 1. The van der Waals surface area contributed by atoms with E-state index in [1.54, 1.807) is 25.5 Å². The molecule has 0 saturated carbocycles. The van der Waals surface area contributed by atoms with Crippen molar-refractivity contribution in [3.8, 4) is 11.5 Å². The SMILES string of the molecule is COc1cc2ncnc(Nc3ccc(OCc4cccc(F)c4)c(Br)c3)c2cc1C1(CCOCCS(C)(=O)=O)CC=CO1. The molecule has 0 aliphatic carbocycles. The molecule has 0 amide bonds. The van der Waals surface area contributed by atoms with E-state index in [1.807, 2.05) is 36.4 Å². The van der Waals surface area contributed by atoms with Gasteiger partial charge in [0.25, 0.3) is 0 Å². The summed E-state index contributed by atoms with van der Waals surface area (Å²) in [5.41, 5.74) is 2.21. The third kappa shape index (κ3) is 7.62. The van der Waals surface area contributed by atoms with E-state index in [0.29, 0.717) is 42.3 Å². The van der Waals surface area contributed by atoms with Crippen LogP contribution in [0.15, 0.2) is 77.7 Å². The Bertz CT molecular complexity index is 1740. The molecule has 0 bridgehead atoms. The molecule has 43 heavy (non-hydrogen) atoms. The van der Waals surface area contributed by atoms with Gasteiger partial charge in [0.05, 0.1) is 42.3 Å². The number of ether oxygens (including phenoxy) is 4. The summed E-state index contributed by atoms with van der Waals surface area (Å²) in [6, 6.07) is 15.7. The van der Waals surface area contributed by atoms with Crippen LogP contribution >= 0.6 is 15.9 Å². The van der Waals surface area contributed by atoms with Gasteiger partial charge in [-0.1, -0.05) is 12.1 Å². The van der Waals surface area contributed by atoms with E-state index in [2.05, 4.69) is 31.2 Å². The van der Waals surface area contributed by atoms with Crippen LogP contribution in [0, 0.1) is 5.82 Å². The minimum absolute atomic E-state index is 0.0407. The number of anilines is 2. The van der Waals surface area contributed by atoms with E-state index < -0.39 is 15.4 Å². The van der Waals surface area contributed by atoms with Crippen LogP contribution < -0.4 is 14.8 Å². The molecule has 2 heterocycles. The highest BCUT2D eigenvalue weighted by Gasteiger charge is 2.38. The average Bonchev–Trinajstić information content (AvgIpc) is 3.45. The Morgan fingerprint density at radius 3 is 2.67 bits per heavy atom. The number of benzene rings is 3. The van der Waals surface area contributed by atoms with Crippen molar-refractivity contribution >= 4 is 48.2 Å². The Morgan fingerprint density at radius 2 is 1.95 bits per heavy atom. The largest absolute Gasteiger partial charge is 0.496 e. The number of methoxy groups -OCH3 is 1. The molecule has 0 spiro atoms. The summed E-state index contributed by atoms with van der Waals surface area (Å²) < 4.78 is 60.6. The third-order valence-corrected chi connectivity index (χ3v) is 8.54. The molecule has 1 aromatic heterocycles. The van der Waals surface area contributed by atoms with Gasteiger partial charge in [-0.25, -0.2) is 22.8 Å². The van der Waals surface area contributed by atoms with Crippen LogP contribution in [0.3, 0.4) is 0 Å². The topological polar surface area (TPSA) is 109 Å². The van der Waals surface area contributed by atoms with Crippen molar-refractivity contribution in [1.29, 1.82) is 0 Å². The van der Waals surface area contributed by atoms with Gasteiger partial charge in [-0.3, -0.25) is 0 Å². The molecule has 5 rings (SSSR count). The Hall–Kier alpha value is -3.74. The van der Waals surface area contributed by atoms with Crippen LogP contribution in [0.4, 0.5) is 15.9 Å². The van der Waals surface area contributed by atoms with E-state index in [1.165, 1.54) is 24.7 Å². The third-order valence-electron chi connectivity index (χ3n) is 7.01. The maximum atomic E-state index is 13.5. The summed E-state index contributed by atoms with van der Waals surface area (Å²) in [6.45, 7) is 0.644. The van der Waals surface area contributed by atoms with E-state index in [0.717, 1.165) is 26.7 Å². The first-order valence-corrected chi connectivity index (χ1v) is 16.4. The molecule has 9 nitrogen and oxygen atoms in total. The predicted molar refractivity (Wildman–Crippen MR) is 166 cm³/mol. The van der Waals surface area contributed by atoms with Crippen LogP contribution in [0.2, 0.25) is 0 Å². The van der Waals surface area contributed by atoms with Crippen molar-refractivity contribution < 1.29 is 31.8 Å². The van der Waals surface area contributed by atoms with Gasteiger partial charge in [0.15, 0.2) is 0 Å². The Morgan fingerprint density at radius 1 is 1.09 bits per heavy atom. The fraction of sp³-hybridized carbons (Fsp3) is 0.290. The van der Waals surface area contributed by atoms with Crippen molar-refractivity contribution in [3.05, 3.63) is 94.7 Å². The molecule has 1 aliphatic heterocycles. The van der Waals surface area contributed by atoms with Crippen molar-refractivity contribution in [1.82, 2.24) is 9.97 Å². The molecule has 4 aromatic rings. The van der Waals surface area contributed by atoms with Gasteiger partial charge in [-0.2, -0.15) is 0 Å². The van der Waals surface area contributed by atoms with Crippen LogP contribution in [0.5, 0.6) is 11.5 Å². The maximum absolute atomic E-state index is 13.5. The van der Waals surface area contributed by atoms with Crippen molar-refractivity contribution in [2.45, 2.75) is 25.0 Å². The summed E-state index contributed by atoms with van der Waals surface area (Å²) >= 11 is 3.57. The molecule has 0 fully saturated rings. The summed E-state index contributed by atoms with van der Waals surface area (Å²) in [6.07, 6.45) is 7.34. The number of hydrogen-bond donors (Lipinski definition) is 1. The lowest BCUT2D eigenvalue weighted by atomic mass is 9.86. The molecule has 1 aliphatic rings. The van der Waals surface area contributed by atoms with Gasteiger partial charge >= 0.3 is 0 Å². The molecular weight excluding hydrogens is 641 g/mol. The van der Waals surface area contributed by atoms with E-state index in [-0.39, 0.29) is 24.8 Å². The first-order chi connectivity index (χ1) is 20.7. The van der Waals surface area contributed by atoms with Crippen LogP contribution in [0.25, 0.3) is 10.9 Å². The van der Waals surface area contributed by atoms with Gasteiger partial charge < -0.3 is 24.3 Å². The Labute approximate surface area is 258 Å². The quantitative estimate of drug-likeness (QED) is 0.161.